The molecule has 0 aliphatic carbocycles. The Bertz CT molecular complexity index is 478. The molecule has 0 bridgehead atoms. The first-order chi connectivity index (χ1) is 8.61. The summed E-state index contributed by atoms with van der Waals surface area (Å²) in [6.07, 6.45) is 0. The number of alkyl halides is 1. The number of para-hydroxylation sites is 2. The standard InChI is InChI=1S/C12H13BrN2O3/c1-18-12(17)8(13)6-15-7-11(16)14-9-4-2-3-5-10(9)15/h2-5,8H,6-7H2,1H3,(H,14,16). The second-order valence-electron chi connectivity index (χ2n) is 3.94. The third-order valence-electron chi connectivity index (χ3n) is 2.69. The SMILES string of the molecule is COC(=O)C(Br)CN1CC(=O)Nc2ccccc21. The summed E-state index contributed by atoms with van der Waals surface area (Å²) < 4.78 is 4.66. The number of halogens is 1. The van der Waals surface area contributed by atoms with Crippen molar-refractivity contribution in [2.24, 2.45) is 0 Å². The highest BCUT2D eigenvalue weighted by Crippen LogP contribution is 2.29. The molecule has 6 heteroatoms. The van der Waals surface area contributed by atoms with E-state index in [1.807, 2.05) is 29.2 Å². The Balaban J connectivity index is 2.19. The molecule has 1 N–H and O–H groups in total. The van der Waals surface area contributed by atoms with E-state index in [0.717, 1.165) is 11.4 Å². The van der Waals surface area contributed by atoms with Gasteiger partial charge in [-0.25, -0.2) is 0 Å². The van der Waals surface area contributed by atoms with Crippen LogP contribution in [0.5, 0.6) is 0 Å². The number of amides is 1. The van der Waals surface area contributed by atoms with Crippen LogP contribution < -0.4 is 10.2 Å². The molecule has 1 aliphatic rings. The number of nitrogens with one attached hydrogen (secondary N) is 1. The van der Waals surface area contributed by atoms with Crippen molar-refractivity contribution >= 4 is 39.2 Å². The van der Waals surface area contributed by atoms with E-state index in [1.54, 1.807) is 0 Å². The fourth-order valence-corrected chi connectivity index (χ4v) is 2.40. The number of rotatable bonds is 3. The maximum atomic E-state index is 11.6. The van der Waals surface area contributed by atoms with Gasteiger partial charge in [0.1, 0.15) is 4.83 Å². The molecule has 0 radical (unpaired) electrons. The van der Waals surface area contributed by atoms with E-state index in [9.17, 15) is 9.59 Å². The number of methoxy groups -OCH3 is 1. The second-order valence-corrected chi connectivity index (χ2v) is 5.04. The summed E-state index contributed by atoms with van der Waals surface area (Å²) in [6.45, 7) is 0.618. The van der Waals surface area contributed by atoms with Gasteiger partial charge in [0, 0.05) is 6.54 Å². The van der Waals surface area contributed by atoms with Crippen molar-refractivity contribution < 1.29 is 14.3 Å². The summed E-state index contributed by atoms with van der Waals surface area (Å²) in [5, 5.41) is 2.79. The van der Waals surface area contributed by atoms with Crippen LogP contribution in [0, 0.1) is 0 Å². The molecule has 18 heavy (non-hydrogen) atoms. The van der Waals surface area contributed by atoms with Gasteiger partial charge < -0.3 is 15.0 Å². The molecule has 1 aliphatic heterocycles. The lowest BCUT2D eigenvalue weighted by Gasteiger charge is -2.31. The third kappa shape index (κ3) is 2.64. The van der Waals surface area contributed by atoms with Crippen molar-refractivity contribution in [2.45, 2.75) is 4.83 Å². The summed E-state index contributed by atoms with van der Waals surface area (Å²) in [5.41, 5.74) is 1.67. The number of anilines is 2. The van der Waals surface area contributed by atoms with E-state index in [-0.39, 0.29) is 18.4 Å². The second kappa shape index (κ2) is 5.39. The number of esters is 1. The molecule has 0 fully saturated rings. The Labute approximate surface area is 113 Å². The highest BCUT2D eigenvalue weighted by molar-refractivity contribution is 9.10. The molecule has 96 valence electrons. The molecule has 5 nitrogen and oxygen atoms in total. The van der Waals surface area contributed by atoms with E-state index < -0.39 is 4.83 Å². The summed E-state index contributed by atoms with van der Waals surface area (Å²) in [6, 6.07) is 7.49. The van der Waals surface area contributed by atoms with Gasteiger partial charge in [-0.1, -0.05) is 28.1 Å². The fourth-order valence-electron chi connectivity index (χ4n) is 1.86. The molecule has 0 aromatic heterocycles. The highest BCUT2D eigenvalue weighted by atomic mass is 79.9. The highest BCUT2D eigenvalue weighted by Gasteiger charge is 2.26. The van der Waals surface area contributed by atoms with Crippen molar-refractivity contribution in [1.82, 2.24) is 0 Å². The van der Waals surface area contributed by atoms with Gasteiger partial charge in [-0.3, -0.25) is 9.59 Å². The van der Waals surface area contributed by atoms with Gasteiger partial charge in [0.2, 0.25) is 5.91 Å². The molecule has 1 aromatic rings. The summed E-state index contributed by atoms with van der Waals surface area (Å²) in [7, 11) is 1.34. The zero-order valence-electron chi connectivity index (χ0n) is 9.85. The molecule has 1 aromatic carbocycles. The number of ether oxygens (including phenoxy) is 1. The van der Waals surface area contributed by atoms with E-state index in [2.05, 4.69) is 26.0 Å². The van der Waals surface area contributed by atoms with Crippen LogP contribution in [0.1, 0.15) is 0 Å². The number of carbonyl (C=O) groups excluding carboxylic acids is 2. The molecule has 2 rings (SSSR count). The minimum atomic E-state index is -0.457. The normalized spacial score (nSPS) is 15.7. The van der Waals surface area contributed by atoms with Crippen LogP contribution in [0.25, 0.3) is 0 Å². The molecular formula is C12H13BrN2O3. The topological polar surface area (TPSA) is 58.6 Å². The lowest BCUT2D eigenvalue weighted by Crippen LogP contribution is -2.42. The summed E-state index contributed by atoms with van der Waals surface area (Å²) in [5.74, 6) is -0.434. The average Bonchev–Trinajstić information content (AvgIpc) is 2.37. The molecule has 1 atom stereocenters. The summed E-state index contributed by atoms with van der Waals surface area (Å²) >= 11 is 3.26. The molecule has 0 saturated heterocycles. The summed E-state index contributed by atoms with van der Waals surface area (Å²) in [4.78, 5) is 24.4. The predicted molar refractivity (Wildman–Crippen MR) is 72.0 cm³/mol. The number of fused-ring (bicyclic) bond motifs is 1. The van der Waals surface area contributed by atoms with E-state index in [4.69, 9.17) is 0 Å². The Kier molecular flexibility index (Phi) is 3.86. The lowest BCUT2D eigenvalue weighted by atomic mass is 10.2. The van der Waals surface area contributed by atoms with Gasteiger partial charge in [-0.2, -0.15) is 0 Å². The largest absolute Gasteiger partial charge is 0.468 e. The average molecular weight is 313 g/mol. The molecule has 1 amide bonds. The zero-order valence-corrected chi connectivity index (χ0v) is 11.4. The van der Waals surface area contributed by atoms with Crippen LogP contribution >= 0.6 is 15.9 Å². The van der Waals surface area contributed by atoms with E-state index in [1.165, 1.54) is 7.11 Å². The quantitative estimate of drug-likeness (QED) is 0.677. The molecule has 1 heterocycles. The first-order valence-electron chi connectivity index (χ1n) is 5.47. The van der Waals surface area contributed by atoms with Gasteiger partial charge in [-0.05, 0) is 12.1 Å². The van der Waals surface area contributed by atoms with Crippen LogP contribution in [0.4, 0.5) is 11.4 Å². The van der Waals surface area contributed by atoms with Crippen molar-refractivity contribution in [1.29, 1.82) is 0 Å². The van der Waals surface area contributed by atoms with Crippen LogP contribution in [0.2, 0.25) is 0 Å². The van der Waals surface area contributed by atoms with E-state index in [0.29, 0.717) is 6.54 Å². The smallest absolute Gasteiger partial charge is 0.321 e. The van der Waals surface area contributed by atoms with E-state index >= 15 is 0 Å². The number of hydrogen-bond acceptors (Lipinski definition) is 4. The maximum Gasteiger partial charge on any atom is 0.321 e. The lowest BCUT2D eigenvalue weighted by molar-refractivity contribution is -0.139. The first-order valence-corrected chi connectivity index (χ1v) is 6.39. The van der Waals surface area contributed by atoms with Crippen molar-refractivity contribution in [3.05, 3.63) is 24.3 Å². The van der Waals surface area contributed by atoms with Crippen molar-refractivity contribution in [3.63, 3.8) is 0 Å². The minimum Gasteiger partial charge on any atom is -0.468 e. The third-order valence-corrected chi connectivity index (χ3v) is 3.35. The maximum absolute atomic E-state index is 11.6. The number of carbonyl (C=O) groups is 2. The Morgan fingerprint density at radius 1 is 1.56 bits per heavy atom. The van der Waals surface area contributed by atoms with Crippen LogP contribution in [0.3, 0.4) is 0 Å². The van der Waals surface area contributed by atoms with Gasteiger partial charge in [0.15, 0.2) is 0 Å². The Morgan fingerprint density at radius 3 is 3.00 bits per heavy atom. The van der Waals surface area contributed by atoms with Crippen LogP contribution in [-0.2, 0) is 14.3 Å². The molecule has 1 unspecified atom stereocenters. The van der Waals surface area contributed by atoms with Gasteiger partial charge >= 0.3 is 5.97 Å². The number of nitrogens with zero attached hydrogens (tertiary/aromatic N) is 1. The number of benzene rings is 1. The van der Waals surface area contributed by atoms with Crippen LogP contribution in [0.15, 0.2) is 24.3 Å². The van der Waals surface area contributed by atoms with Crippen LogP contribution in [-0.4, -0.2) is 36.9 Å². The van der Waals surface area contributed by atoms with Gasteiger partial charge in [0.05, 0.1) is 25.0 Å². The fraction of sp³-hybridized carbons (Fsp3) is 0.333. The molecule has 0 saturated carbocycles. The molecular weight excluding hydrogens is 300 g/mol. The Morgan fingerprint density at radius 2 is 2.28 bits per heavy atom. The number of hydrogen-bond donors (Lipinski definition) is 1. The Hall–Kier alpha value is -1.56. The molecule has 0 spiro atoms. The zero-order chi connectivity index (χ0) is 13.1. The van der Waals surface area contributed by atoms with Crippen molar-refractivity contribution in [3.8, 4) is 0 Å². The first kappa shape index (κ1) is 12.9. The monoisotopic (exact) mass is 312 g/mol. The minimum absolute atomic E-state index is 0.0849. The van der Waals surface area contributed by atoms with Gasteiger partial charge in [0.25, 0.3) is 0 Å². The van der Waals surface area contributed by atoms with Gasteiger partial charge in [-0.15, -0.1) is 0 Å². The van der Waals surface area contributed by atoms with Crippen molar-refractivity contribution in [2.75, 3.05) is 30.4 Å². The predicted octanol–water partition coefficient (Wildman–Crippen LogP) is 1.38.